The van der Waals surface area contributed by atoms with Gasteiger partial charge in [0, 0.05) is 55.0 Å². The highest BCUT2D eigenvalue weighted by molar-refractivity contribution is 6.31. The van der Waals surface area contributed by atoms with E-state index in [0.717, 1.165) is 0 Å². The van der Waals surface area contributed by atoms with Gasteiger partial charge in [-0.15, -0.1) is 0 Å². The molecule has 1 atom stereocenters. The number of rotatable bonds is 11. The number of methoxy groups -OCH3 is 2. The molecule has 36 heavy (non-hydrogen) atoms. The molecule has 0 aliphatic rings. The first-order valence-electron chi connectivity index (χ1n) is 11.3. The molecule has 2 heterocycles. The molecule has 1 aromatic carbocycles. The fraction of sp³-hybridized carbons (Fsp3) is 0.296. The summed E-state index contributed by atoms with van der Waals surface area (Å²) in [6.45, 7) is 2.01. The van der Waals surface area contributed by atoms with E-state index in [0.29, 0.717) is 45.1 Å². The highest BCUT2D eigenvalue weighted by atomic mass is 35.5. The molecule has 0 aliphatic carbocycles. The second kappa shape index (κ2) is 12.2. The average Bonchev–Trinajstić information content (AvgIpc) is 2.89. The average molecular weight is 508 g/mol. The first-order chi connectivity index (χ1) is 17.3. The first-order valence-corrected chi connectivity index (χ1v) is 11.7. The lowest BCUT2D eigenvalue weighted by Crippen LogP contribution is -2.31. The number of nitriles is 1. The third-order valence-electron chi connectivity index (χ3n) is 5.77. The highest BCUT2D eigenvalue weighted by Crippen LogP contribution is 2.33. The van der Waals surface area contributed by atoms with Crippen molar-refractivity contribution in [2.45, 2.75) is 32.2 Å². The number of nitrogens with zero attached hydrogens (tertiary/aromatic N) is 3. The Morgan fingerprint density at radius 2 is 1.94 bits per heavy atom. The van der Waals surface area contributed by atoms with Crippen LogP contribution < -0.4 is 10.3 Å². The van der Waals surface area contributed by atoms with Gasteiger partial charge in [-0.05, 0) is 36.2 Å². The number of carbonyl (C=O) groups is 2. The number of Topliss-reactive ketones (excluding diaryl/α,β-unsaturated/α-hetero) is 2. The molecule has 3 aromatic rings. The van der Waals surface area contributed by atoms with Crippen LogP contribution in [0.1, 0.15) is 47.4 Å². The minimum atomic E-state index is -0.827. The standard InChI is InChI=1S/C27H26ClN3O5/c1-4-24(32)22-8-5-17(15-30-22)11-25(33)23(9-10-35-2)31-16-26(36-3)21(13-27(31)34)20-12-19(28)7-6-18(20)14-29/h5-8,12-13,15-16,23H,4,9-11H2,1-3H3. The van der Waals surface area contributed by atoms with Gasteiger partial charge in [0.1, 0.15) is 11.4 Å². The van der Waals surface area contributed by atoms with Crippen LogP contribution >= 0.6 is 11.6 Å². The quantitative estimate of drug-likeness (QED) is 0.353. The zero-order valence-electron chi connectivity index (χ0n) is 20.3. The summed E-state index contributed by atoms with van der Waals surface area (Å²) in [5.74, 6) is 0.0114. The number of carbonyl (C=O) groups excluding carboxylic acids is 2. The molecular weight excluding hydrogens is 482 g/mol. The van der Waals surface area contributed by atoms with Crippen LogP contribution in [0.25, 0.3) is 11.1 Å². The van der Waals surface area contributed by atoms with Gasteiger partial charge in [0.15, 0.2) is 11.6 Å². The Kier molecular flexibility index (Phi) is 9.12. The van der Waals surface area contributed by atoms with E-state index < -0.39 is 11.6 Å². The number of pyridine rings is 2. The van der Waals surface area contributed by atoms with E-state index >= 15 is 0 Å². The summed E-state index contributed by atoms with van der Waals surface area (Å²) in [6, 6.07) is 10.7. The van der Waals surface area contributed by atoms with Crippen LogP contribution in [0.4, 0.5) is 0 Å². The fourth-order valence-electron chi connectivity index (χ4n) is 3.86. The summed E-state index contributed by atoms with van der Waals surface area (Å²) in [7, 11) is 2.96. The molecule has 0 fully saturated rings. The van der Waals surface area contributed by atoms with Crippen molar-refractivity contribution in [1.82, 2.24) is 9.55 Å². The maximum Gasteiger partial charge on any atom is 0.252 e. The number of aromatic nitrogens is 2. The molecule has 0 bridgehead atoms. The Balaban J connectivity index is 2.00. The van der Waals surface area contributed by atoms with Crippen molar-refractivity contribution in [3.8, 4) is 22.9 Å². The van der Waals surface area contributed by atoms with Crippen molar-refractivity contribution in [3.63, 3.8) is 0 Å². The lowest BCUT2D eigenvalue weighted by molar-refractivity contribution is -0.122. The number of hydrogen-bond donors (Lipinski definition) is 0. The first kappa shape index (κ1) is 26.8. The van der Waals surface area contributed by atoms with Gasteiger partial charge >= 0.3 is 0 Å². The van der Waals surface area contributed by atoms with Crippen molar-refractivity contribution in [3.05, 3.63) is 81.0 Å². The third kappa shape index (κ3) is 6.06. The van der Waals surface area contributed by atoms with E-state index in [1.165, 1.54) is 37.2 Å². The van der Waals surface area contributed by atoms with Crippen molar-refractivity contribution in [2.75, 3.05) is 20.8 Å². The van der Waals surface area contributed by atoms with E-state index in [4.69, 9.17) is 21.1 Å². The van der Waals surface area contributed by atoms with Crippen LogP contribution in [0, 0.1) is 11.3 Å². The lowest BCUT2D eigenvalue weighted by atomic mass is 9.99. The zero-order valence-corrected chi connectivity index (χ0v) is 21.0. The van der Waals surface area contributed by atoms with E-state index in [1.54, 1.807) is 37.3 Å². The smallest absolute Gasteiger partial charge is 0.252 e. The fourth-order valence-corrected chi connectivity index (χ4v) is 4.03. The summed E-state index contributed by atoms with van der Waals surface area (Å²) in [6.07, 6.45) is 3.60. The molecule has 0 N–H and O–H groups in total. The van der Waals surface area contributed by atoms with E-state index in [-0.39, 0.29) is 31.0 Å². The monoisotopic (exact) mass is 507 g/mol. The van der Waals surface area contributed by atoms with E-state index in [2.05, 4.69) is 11.1 Å². The summed E-state index contributed by atoms with van der Waals surface area (Å²) in [5.41, 5.74) is 1.73. The number of ketones is 2. The second-order valence-electron chi connectivity index (χ2n) is 8.07. The largest absolute Gasteiger partial charge is 0.495 e. The second-order valence-corrected chi connectivity index (χ2v) is 8.51. The molecule has 8 nitrogen and oxygen atoms in total. The van der Waals surface area contributed by atoms with E-state index in [9.17, 15) is 19.6 Å². The van der Waals surface area contributed by atoms with Gasteiger partial charge < -0.3 is 14.0 Å². The van der Waals surface area contributed by atoms with Crippen LogP contribution in [0.15, 0.2) is 53.6 Å². The van der Waals surface area contributed by atoms with Gasteiger partial charge in [0.05, 0.1) is 31.0 Å². The number of benzene rings is 1. The van der Waals surface area contributed by atoms with Gasteiger partial charge in [0.25, 0.3) is 5.56 Å². The van der Waals surface area contributed by atoms with Crippen LogP contribution in [-0.2, 0) is 16.0 Å². The Morgan fingerprint density at radius 3 is 2.56 bits per heavy atom. The molecule has 1 unspecified atom stereocenters. The summed E-state index contributed by atoms with van der Waals surface area (Å²) in [5, 5.41) is 9.92. The lowest BCUT2D eigenvalue weighted by Gasteiger charge is -2.21. The zero-order chi connectivity index (χ0) is 26.2. The van der Waals surface area contributed by atoms with Crippen LogP contribution in [-0.4, -0.2) is 41.9 Å². The number of halogens is 1. The molecule has 0 saturated carbocycles. The molecule has 9 heteroatoms. The molecule has 0 spiro atoms. The SMILES string of the molecule is CCC(=O)c1ccc(CC(=O)C(CCOC)n2cc(OC)c(-c3cc(Cl)ccc3C#N)cc2=O)cn1. The molecule has 0 aliphatic heterocycles. The molecule has 0 saturated heterocycles. The molecule has 2 aromatic heterocycles. The summed E-state index contributed by atoms with van der Waals surface area (Å²) in [4.78, 5) is 42.5. The summed E-state index contributed by atoms with van der Waals surface area (Å²) >= 11 is 6.14. The number of hydrogen-bond acceptors (Lipinski definition) is 7. The minimum absolute atomic E-state index is 0.0192. The van der Waals surface area contributed by atoms with Crippen LogP contribution in [0.2, 0.25) is 5.02 Å². The topological polar surface area (TPSA) is 111 Å². The van der Waals surface area contributed by atoms with Gasteiger partial charge in [-0.2, -0.15) is 5.26 Å². The molecule has 0 radical (unpaired) electrons. The maximum atomic E-state index is 13.3. The minimum Gasteiger partial charge on any atom is -0.495 e. The normalized spacial score (nSPS) is 11.5. The van der Waals surface area contributed by atoms with Crippen LogP contribution in [0.3, 0.4) is 0 Å². The van der Waals surface area contributed by atoms with Gasteiger partial charge in [-0.25, -0.2) is 0 Å². The van der Waals surface area contributed by atoms with Crippen LogP contribution in [0.5, 0.6) is 5.75 Å². The number of ether oxygens (including phenoxy) is 2. The summed E-state index contributed by atoms with van der Waals surface area (Å²) < 4.78 is 12.0. The Labute approximate surface area is 214 Å². The predicted molar refractivity (Wildman–Crippen MR) is 136 cm³/mol. The van der Waals surface area contributed by atoms with Gasteiger partial charge in [-0.3, -0.25) is 19.4 Å². The Morgan fingerprint density at radius 1 is 1.17 bits per heavy atom. The molecule has 0 amide bonds. The van der Waals surface area contributed by atoms with E-state index in [1.807, 2.05) is 0 Å². The van der Waals surface area contributed by atoms with Crippen molar-refractivity contribution in [1.29, 1.82) is 5.26 Å². The van der Waals surface area contributed by atoms with Gasteiger partial charge in [0.2, 0.25) is 0 Å². The third-order valence-corrected chi connectivity index (χ3v) is 6.00. The maximum absolute atomic E-state index is 13.3. The molecule has 186 valence electrons. The van der Waals surface area contributed by atoms with Crippen molar-refractivity contribution >= 4 is 23.2 Å². The Bertz CT molecular complexity index is 1360. The molecular formula is C27H26ClN3O5. The highest BCUT2D eigenvalue weighted by Gasteiger charge is 2.24. The van der Waals surface area contributed by atoms with Crippen molar-refractivity contribution < 1.29 is 19.1 Å². The predicted octanol–water partition coefficient (Wildman–Crippen LogP) is 4.43. The Hall–Kier alpha value is -3.80. The van der Waals surface area contributed by atoms with Gasteiger partial charge in [-0.1, -0.05) is 24.6 Å². The van der Waals surface area contributed by atoms with Crippen molar-refractivity contribution in [2.24, 2.45) is 0 Å². The molecule has 3 rings (SSSR count).